The molecule has 0 saturated carbocycles. The summed E-state index contributed by atoms with van der Waals surface area (Å²) in [7, 11) is 0. The number of aliphatic hydroxyl groups is 2. The van der Waals surface area contributed by atoms with Gasteiger partial charge in [-0.15, -0.1) is 0 Å². The van der Waals surface area contributed by atoms with Gasteiger partial charge in [-0.2, -0.15) is 0 Å². The smallest absolute Gasteiger partial charge is 0.114 e. The van der Waals surface area contributed by atoms with Crippen molar-refractivity contribution in [1.29, 1.82) is 0 Å². The van der Waals surface area contributed by atoms with Crippen molar-refractivity contribution in [2.45, 2.75) is 77.6 Å². The van der Waals surface area contributed by atoms with Crippen LogP contribution in [-0.2, 0) is 4.89 Å². The molecule has 4 atom stereocenters. The molecule has 0 heterocycles. The molecule has 3 N–H and O–H groups in total. The van der Waals surface area contributed by atoms with E-state index in [2.05, 4.69) is 25.3 Å². The molecule has 0 spiro atoms. The van der Waals surface area contributed by atoms with Gasteiger partial charge < -0.3 is 10.2 Å². The third-order valence-corrected chi connectivity index (χ3v) is 4.84. The monoisotopic (exact) mass is 338 g/mol. The molecule has 0 radical (unpaired) electrons. The van der Waals surface area contributed by atoms with Crippen LogP contribution in [-0.4, -0.2) is 33.3 Å². The van der Waals surface area contributed by atoms with Crippen molar-refractivity contribution in [1.82, 2.24) is 0 Å². The highest BCUT2D eigenvalue weighted by atomic mass is 17.1. The summed E-state index contributed by atoms with van der Waals surface area (Å²) in [4.78, 5) is 4.62. The summed E-state index contributed by atoms with van der Waals surface area (Å²) in [6.07, 6.45) is 7.78. The van der Waals surface area contributed by atoms with Gasteiger partial charge in [0.2, 0.25) is 0 Å². The fourth-order valence-electron chi connectivity index (χ4n) is 3.15. The molecule has 0 fully saturated rings. The Bertz CT molecular complexity index is 462. The van der Waals surface area contributed by atoms with Gasteiger partial charge >= 0.3 is 0 Å². The topological polar surface area (TPSA) is 69.9 Å². The Balaban J connectivity index is 3.02. The number of allylic oxidation sites excluding steroid dienone is 2. The van der Waals surface area contributed by atoms with Crippen LogP contribution in [0.15, 0.2) is 36.0 Å². The van der Waals surface area contributed by atoms with Gasteiger partial charge in [0.05, 0.1) is 11.7 Å². The van der Waals surface area contributed by atoms with Crippen LogP contribution in [0.5, 0.6) is 0 Å². The molecule has 0 aromatic carbocycles. The van der Waals surface area contributed by atoms with Crippen molar-refractivity contribution in [3.63, 3.8) is 0 Å². The van der Waals surface area contributed by atoms with Crippen LogP contribution < -0.4 is 0 Å². The van der Waals surface area contributed by atoms with E-state index >= 15 is 0 Å². The van der Waals surface area contributed by atoms with Crippen molar-refractivity contribution in [2.75, 3.05) is 0 Å². The average molecular weight is 338 g/mol. The summed E-state index contributed by atoms with van der Waals surface area (Å²) in [6, 6.07) is 0. The van der Waals surface area contributed by atoms with Crippen molar-refractivity contribution < 1.29 is 20.4 Å². The minimum absolute atomic E-state index is 0.262. The summed E-state index contributed by atoms with van der Waals surface area (Å²) in [6.45, 7) is 12.0. The second-order valence-electron chi connectivity index (χ2n) is 7.74. The largest absolute Gasteiger partial charge is 0.389 e. The van der Waals surface area contributed by atoms with Gasteiger partial charge in [0, 0.05) is 6.42 Å². The van der Waals surface area contributed by atoms with E-state index in [1.807, 2.05) is 13.0 Å². The standard InChI is InChI=1S/C20H34O4/c1-14(2)17-8-7-16(4)19(24-23)9-6-15(3)12-18(21)13-20(5,22)11-10-17/h10-12,14,17-19,21-23H,4,6-9,13H2,1-3,5H3/b11-10+,15-12+/t17-,18+,19+,20+/m1/s1. The molecule has 0 saturated heterocycles. The number of rotatable bonds is 2. The first-order valence-electron chi connectivity index (χ1n) is 8.89. The zero-order valence-corrected chi connectivity index (χ0v) is 15.5. The summed E-state index contributed by atoms with van der Waals surface area (Å²) in [5, 5.41) is 29.9. The lowest BCUT2D eigenvalue weighted by molar-refractivity contribution is -0.270. The number of hydrogen-bond acceptors (Lipinski definition) is 4. The molecule has 0 aromatic heterocycles. The lowest BCUT2D eigenvalue weighted by Crippen LogP contribution is -2.27. The highest BCUT2D eigenvalue weighted by Crippen LogP contribution is 2.27. The van der Waals surface area contributed by atoms with E-state index in [1.54, 1.807) is 19.1 Å². The van der Waals surface area contributed by atoms with Crippen LogP contribution in [0.4, 0.5) is 0 Å². The van der Waals surface area contributed by atoms with E-state index in [1.165, 1.54) is 0 Å². The minimum atomic E-state index is -1.04. The molecular formula is C20H34O4. The molecule has 138 valence electrons. The van der Waals surface area contributed by atoms with Crippen LogP contribution in [0.3, 0.4) is 0 Å². The summed E-state index contributed by atoms with van der Waals surface area (Å²) in [5.41, 5.74) is 0.851. The van der Waals surface area contributed by atoms with Gasteiger partial charge in [0.15, 0.2) is 0 Å². The molecule has 1 rings (SSSR count). The van der Waals surface area contributed by atoms with Gasteiger partial charge in [0.1, 0.15) is 6.10 Å². The molecule has 0 amide bonds. The van der Waals surface area contributed by atoms with E-state index in [9.17, 15) is 15.5 Å². The van der Waals surface area contributed by atoms with Crippen LogP contribution >= 0.6 is 0 Å². The van der Waals surface area contributed by atoms with Crippen molar-refractivity contribution in [2.24, 2.45) is 11.8 Å². The Kier molecular flexibility index (Phi) is 8.37. The fourth-order valence-corrected chi connectivity index (χ4v) is 3.15. The number of hydrogen-bond donors (Lipinski definition) is 3. The van der Waals surface area contributed by atoms with E-state index < -0.39 is 11.7 Å². The van der Waals surface area contributed by atoms with Crippen molar-refractivity contribution in [3.8, 4) is 0 Å². The molecule has 24 heavy (non-hydrogen) atoms. The quantitative estimate of drug-likeness (QED) is 0.400. The molecule has 1 aliphatic rings. The predicted molar refractivity (Wildman–Crippen MR) is 97.6 cm³/mol. The Morgan fingerprint density at radius 2 is 1.96 bits per heavy atom. The summed E-state index contributed by atoms with van der Waals surface area (Å²) >= 11 is 0. The third-order valence-electron chi connectivity index (χ3n) is 4.84. The molecule has 0 aromatic rings. The Morgan fingerprint density at radius 3 is 2.54 bits per heavy atom. The van der Waals surface area contributed by atoms with E-state index in [4.69, 9.17) is 0 Å². The van der Waals surface area contributed by atoms with E-state index in [-0.39, 0.29) is 12.5 Å². The summed E-state index contributed by atoms with van der Waals surface area (Å²) in [5.74, 6) is 0.725. The second kappa shape index (κ2) is 9.52. The van der Waals surface area contributed by atoms with E-state index in [0.717, 1.165) is 24.0 Å². The molecular weight excluding hydrogens is 304 g/mol. The molecule has 0 aliphatic heterocycles. The Hall–Kier alpha value is -0.940. The van der Waals surface area contributed by atoms with Gasteiger partial charge in [-0.1, -0.05) is 44.2 Å². The second-order valence-corrected chi connectivity index (χ2v) is 7.74. The Labute approximate surface area is 146 Å². The zero-order valence-electron chi connectivity index (χ0n) is 15.5. The third kappa shape index (κ3) is 7.31. The molecule has 4 nitrogen and oxygen atoms in total. The highest BCUT2D eigenvalue weighted by molar-refractivity contribution is 5.11. The SMILES string of the molecule is C=C1CC[C@@H](C(C)C)/C=C/[C@](C)(O)C[C@@H](O)/C=C(\C)CC[C@@H]1OO. The molecule has 1 aliphatic carbocycles. The first-order valence-corrected chi connectivity index (χ1v) is 8.89. The predicted octanol–water partition coefficient (Wildman–Crippen LogP) is 4.25. The maximum absolute atomic E-state index is 10.5. The van der Waals surface area contributed by atoms with Crippen LogP contribution in [0.2, 0.25) is 0 Å². The van der Waals surface area contributed by atoms with Crippen LogP contribution in [0.25, 0.3) is 0 Å². The molecule has 0 bridgehead atoms. The fraction of sp³-hybridized carbons (Fsp3) is 0.700. The summed E-state index contributed by atoms with van der Waals surface area (Å²) < 4.78 is 0. The first kappa shape index (κ1) is 21.1. The molecule has 4 heteroatoms. The minimum Gasteiger partial charge on any atom is -0.389 e. The molecule has 0 unspecified atom stereocenters. The maximum Gasteiger partial charge on any atom is 0.114 e. The average Bonchev–Trinajstić information content (AvgIpc) is 2.45. The van der Waals surface area contributed by atoms with Gasteiger partial charge in [0.25, 0.3) is 0 Å². The van der Waals surface area contributed by atoms with Gasteiger partial charge in [-0.25, -0.2) is 4.89 Å². The van der Waals surface area contributed by atoms with Crippen LogP contribution in [0, 0.1) is 11.8 Å². The number of aliphatic hydroxyl groups excluding tert-OH is 1. The highest BCUT2D eigenvalue weighted by Gasteiger charge is 2.23. The van der Waals surface area contributed by atoms with Crippen LogP contribution in [0.1, 0.15) is 59.8 Å². The maximum atomic E-state index is 10.5. The first-order chi connectivity index (χ1) is 11.1. The van der Waals surface area contributed by atoms with Crippen molar-refractivity contribution in [3.05, 3.63) is 36.0 Å². The van der Waals surface area contributed by atoms with Gasteiger partial charge in [-0.3, -0.25) is 5.26 Å². The lowest BCUT2D eigenvalue weighted by Gasteiger charge is -2.25. The van der Waals surface area contributed by atoms with E-state index in [0.29, 0.717) is 24.7 Å². The van der Waals surface area contributed by atoms with Gasteiger partial charge in [-0.05, 0) is 56.9 Å². The lowest BCUT2D eigenvalue weighted by atomic mass is 9.85. The Morgan fingerprint density at radius 1 is 1.29 bits per heavy atom. The van der Waals surface area contributed by atoms with Crippen molar-refractivity contribution >= 4 is 0 Å². The zero-order chi connectivity index (χ0) is 18.3. The normalized spacial score (nSPS) is 37.6.